The Morgan fingerprint density at radius 1 is 1.15 bits per heavy atom. The summed E-state index contributed by atoms with van der Waals surface area (Å²) in [5.41, 5.74) is -1.34. The number of ether oxygens (including phenoxy) is 1. The van der Waals surface area contributed by atoms with E-state index in [1.807, 2.05) is 0 Å². The second-order valence-corrected chi connectivity index (χ2v) is 9.27. The van der Waals surface area contributed by atoms with E-state index in [-0.39, 0.29) is 29.8 Å². The van der Waals surface area contributed by atoms with Crippen LogP contribution in [0.4, 0.5) is 13.2 Å². The third kappa shape index (κ3) is 4.79. The van der Waals surface area contributed by atoms with Crippen molar-refractivity contribution >= 4 is 17.5 Å². The maximum Gasteiger partial charge on any atom is 0.431 e. The van der Waals surface area contributed by atoms with Crippen LogP contribution in [0.5, 0.6) is 0 Å². The number of rotatable bonds is 5. The summed E-state index contributed by atoms with van der Waals surface area (Å²) in [6, 6.07) is 6.49. The summed E-state index contributed by atoms with van der Waals surface area (Å²) in [4.78, 5) is 15.3. The topological polar surface area (TPSA) is 54.7 Å². The van der Waals surface area contributed by atoms with E-state index in [2.05, 4.69) is 0 Å². The number of benzene rings is 1. The van der Waals surface area contributed by atoms with Gasteiger partial charge in [-0.2, -0.15) is 13.2 Å². The molecule has 2 fully saturated rings. The molecule has 5 nitrogen and oxygen atoms in total. The Kier molecular flexibility index (Phi) is 6.80. The lowest BCUT2D eigenvalue weighted by Crippen LogP contribution is -2.42. The van der Waals surface area contributed by atoms with Gasteiger partial charge in [0, 0.05) is 23.7 Å². The molecule has 0 spiro atoms. The summed E-state index contributed by atoms with van der Waals surface area (Å²) >= 11 is 6.03. The van der Waals surface area contributed by atoms with Crippen molar-refractivity contribution in [3.05, 3.63) is 46.2 Å². The van der Waals surface area contributed by atoms with Crippen LogP contribution in [-0.2, 0) is 23.9 Å². The van der Waals surface area contributed by atoms with E-state index >= 15 is 0 Å². The van der Waals surface area contributed by atoms with Crippen molar-refractivity contribution in [3.8, 4) is 11.1 Å². The molecule has 1 amide bonds. The van der Waals surface area contributed by atoms with Gasteiger partial charge in [-0.3, -0.25) is 4.79 Å². The first-order valence-electron chi connectivity index (χ1n) is 11.3. The van der Waals surface area contributed by atoms with E-state index in [9.17, 15) is 23.1 Å². The third-order valence-corrected chi connectivity index (χ3v) is 6.86. The summed E-state index contributed by atoms with van der Waals surface area (Å²) in [7, 11) is 0. The van der Waals surface area contributed by atoms with Gasteiger partial charge in [-0.1, -0.05) is 43.5 Å². The van der Waals surface area contributed by atoms with Crippen LogP contribution in [0, 0.1) is 0 Å². The van der Waals surface area contributed by atoms with Crippen LogP contribution < -0.4 is 0 Å². The number of carbonyl (C=O) groups is 1. The van der Waals surface area contributed by atoms with Gasteiger partial charge in [-0.05, 0) is 42.5 Å². The molecule has 2 aliphatic rings. The molecule has 2 heterocycles. The fourth-order valence-electron chi connectivity index (χ4n) is 5.05. The minimum atomic E-state index is -4.69. The smallest absolute Gasteiger partial charge is 0.388 e. The number of amides is 1. The van der Waals surface area contributed by atoms with E-state index in [1.54, 1.807) is 31.2 Å². The minimum Gasteiger partial charge on any atom is -0.388 e. The lowest BCUT2D eigenvalue weighted by Gasteiger charge is -2.30. The monoisotopic (exact) mass is 484 g/mol. The van der Waals surface area contributed by atoms with Crippen molar-refractivity contribution < 1.29 is 27.8 Å². The van der Waals surface area contributed by atoms with Crippen molar-refractivity contribution in [3.63, 3.8) is 0 Å². The first kappa shape index (κ1) is 24.1. The summed E-state index contributed by atoms with van der Waals surface area (Å²) in [5.74, 6) is -0.477. The van der Waals surface area contributed by atoms with E-state index in [4.69, 9.17) is 16.3 Å². The highest BCUT2D eigenvalue weighted by molar-refractivity contribution is 6.30. The van der Waals surface area contributed by atoms with Gasteiger partial charge in [0.15, 0.2) is 0 Å². The molecule has 180 valence electrons. The van der Waals surface area contributed by atoms with Crippen LogP contribution in [0.25, 0.3) is 11.1 Å². The molecule has 1 aromatic heterocycles. The molecular formula is C24H28ClF3N2O3. The number of nitrogens with zero attached hydrogens (tertiary/aromatic N) is 2. The standard InChI is InChI=1S/C24H28ClF3N2O3/c1-2-18-19(16-5-7-17(25)8-6-16)20(22(31)29-11-13-33-14-12-29)30(21(18)24(26,27)28)15-23(32)9-3-4-10-23/h5-8,32H,2-4,9-15H2,1H3. The number of hydrogen-bond donors (Lipinski definition) is 1. The van der Waals surface area contributed by atoms with Gasteiger partial charge in [0.2, 0.25) is 0 Å². The Hall–Kier alpha value is -2.03. The first-order chi connectivity index (χ1) is 15.6. The van der Waals surface area contributed by atoms with Gasteiger partial charge < -0.3 is 19.3 Å². The maximum atomic E-state index is 14.5. The Bertz CT molecular complexity index is 1010. The molecule has 1 saturated carbocycles. The number of carbonyl (C=O) groups excluding carboxylic acids is 1. The van der Waals surface area contributed by atoms with E-state index in [1.165, 1.54) is 4.90 Å². The molecular weight excluding hydrogens is 457 g/mol. The zero-order valence-corrected chi connectivity index (χ0v) is 19.3. The van der Waals surface area contributed by atoms with Crippen LogP contribution in [-0.4, -0.2) is 52.4 Å². The fourth-order valence-corrected chi connectivity index (χ4v) is 5.18. The predicted octanol–water partition coefficient (Wildman–Crippen LogP) is 5.17. The second-order valence-electron chi connectivity index (χ2n) is 8.83. The minimum absolute atomic E-state index is 0.0243. The molecule has 9 heteroatoms. The van der Waals surface area contributed by atoms with Gasteiger partial charge in [0.1, 0.15) is 11.4 Å². The predicted molar refractivity (Wildman–Crippen MR) is 119 cm³/mol. The molecule has 4 rings (SSSR count). The Balaban J connectivity index is 1.99. The average molecular weight is 485 g/mol. The van der Waals surface area contributed by atoms with Crippen molar-refractivity contribution in [1.29, 1.82) is 0 Å². The largest absolute Gasteiger partial charge is 0.431 e. The molecule has 1 aromatic carbocycles. The van der Waals surface area contributed by atoms with Crippen LogP contribution in [0.15, 0.2) is 24.3 Å². The zero-order valence-electron chi connectivity index (χ0n) is 18.6. The number of halogens is 4. The summed E-state index contributed by atoms with van der Waals surface area (Å²) in [5, 5.41) is 11.5. The number of hydrogen-bond acceptors (Lipinski definition) is 3. The molecule has 2 aromatic rings. The quantitative estimate of drug-likeness (QED) is 0.637. The molecule has 0 unspecified atom stereocenters. The Morgan fingerprint density at radius 2 is 1.76 bits per heavy atom. The SMILES string of the molecule is CCc1c(-c2ccc(Cl)cc2)c(C(=O)N2CCOCC2)n(CC2(O)CCCC2)c1C(F)(F)F. The Morgan fingerprint density at radius 3 is 2.30 bits per heavy atom. The Labute approximate surface area is 196 Å². The summed E-state index contributed by atoms with van der Waals surface area (Å²) in [6.45, 7) is 2.66. The molecule has 0 atom stereocenters. The highest BCUT2D eigenvalue weighted by atomic mass is 35.5. The lowest BCUT2D eigenvalue weighted by molar-refractivity contribution is -0.145. The molecule has 1 aliphatic heterocycles. The van der Waals surface area contributed by atoms with Crippen molar-refractivity contribution in [2.45, 2.75) is 57.3 Å². The van der Waals surface area contributed by atoms with Gasteiger partial charge in [0.05, 0.1) is 25.4 Å². The zero-order chi connectivity index (χ0) is 23.8. The van der Waals surface area contributed by atoms with Gasteiger partial charge >= 0.3 is 6.18 Å². The second kappa shape index (κ2) is 9.31. The maximum absolute atomic E-state index is 14.5. The number of alkyl halides is 3. The molecule has 1 aliphatic carbocycles. The number of aromatic nitrogens is 1. The third-order valence-electron chi connectivity index (χ3n) is 6.61. The van der Waals surface area contributed by atoms with Crippen LogP contribution >= 0.6 is 11.6 Å². The molecule has 0 bridgehead atoms. The van der Waals surface area contributed by atoms with Crippen molar-refractivity contribution in [2.75, 3.05) is 26.3 Å². The number of aliphatic hydroxyl groups is 1. The van der Waals surface area contributed by atoms with Gasteiger partial charge in [-0.25, -0.2) is 0 Å². The van der Waals surface area contributed by atoms with E-state index in [0.717, 1.165) is 17.4 Å². The van der Waals surface area contributed by atoms with Crippen LogP contribution in [0.1, 0.15) is 54.4 Å². The molecule has 1 N–H and O–H groups in total. The van der Waals surface area contributed by atoms with Gasteiger partial charge in [0.25, 0.3) is 5.91 Å². The van der Waals surface area contributed by atoms with E-state index < -0.39 is 23.4 Å². The summed E-state index contributed by atoms with van der Waals surface area (Å²) in [6.07, 6.45) is -2.30. The molecule has 1 saturated heterocycles. The first-order valence-corrected chi connectivity index (χ1v) is 11.7. The number of morpholine rings is 1. The highest BCUT2D eigenvalue weighted by Gasteiger charge is 2.45. The average Bonchev–Trinajstić information content (AvgIpc) is 3.35. The fraction of sp³-hybridized carbons (Fsp3) is 0.542. The van der Waals surface area contributed by atoms with Crippen LogP contribution in [0.3, 0.4) is 0 Å². The van der Waals surface area contributed by atoms with Crippen LogP contribution in [0.2, 0.25) is 5.02 Å². The molecule has 33 heavy (non-hydrogen) atoms. The van der Waals surface area contributed by atoms with Gasteiger partial charge in [-0.15, -0.1) is 0 Å². The van der Waals surface area contributed by atoms with E-state index in [0.29, 0.717) is 49.7 Å². The summed E-state index contributed by atoms with van der Waals surface area (Å²) < 4.78 is 49.9. The van der Waals surface area contributed by atoms with Crippen molar-refractivity contribution in [2.24, 2.45) is 0 Å². The normalized spacial score (nSPS) is 18.7. The molecule has 0 radical (unpaired) electrons. The lowest BCUT2D eigenvalue weighted by atomic mass is 9.97. The highest BCUT2D eigenvalue weighted by Crippen LogP contribution is 2.44. The van der Waals surface area contributed by atoms with Crippen molar-refractivity contribution in [1.82, 2.24) is 9.47 Å².